The molecule has 0 aliphatic carbocycles. The minimum Gasteiger partial charge on any atom is -0.304 e. The van der Waals surface area contributed by atoms with Gasteiger partial charge in [0.2, 0.25) is 0 Å². The van der Waals surface area contributed by atoms with Crippen LogP contribution in [0.15, 0.2) is 5.10 Å². The fourth-order valence-corrected chi connectivity index (χ4v) is 0.231. The summed E-state index contributed by atoms with van der Waals surface area (Å²) in [5.74, 6) is 0. The van der Waals surface area contributed by atoms with Gasteiger partial charge in [0.1, 0.15) is 0 Å². The van der Waals surface area contributed by atoms with Crippen molar-refractivity contribution in [2.45, 2.75) is 0 Å². The molecular weight excluding hydrogens is 74.9 g/mol. The number of hydrogen-bond donors (Lipinski definition) is 0. The van der Waals surface area contributed by atoms with E-state index >= 15 is 0 Å². The highest BCUT2D eigenvalue weighted by atomic mass is 15.4. The second kappa shape index (κ2) is 2.76. The quantitative estimate of drug-likeness (QED) is 0.229. The molecule has 6 heavy (non-hydrogen) atoms. The lowest BCUT2D eigenvalue weighted by Gasteiger charge is -1.99. The van der Waals surface area contributed by atoms with Gasteiger partial charge < -0.3 is 5.01 Å². The highest BCUT2D eigenvalue weighted by molar-refractivity contribution is 6.49. The molecule has 3 heteroatoms. The van der Waals surface area contributed by atoms with Crippen molar-refractivity contribution in [3.8, 4) is 0 Å². The van der Waals surface area contributed by atoms with Gasteiger partial charge in [-0.15, -0.1) is 0 Å². The van der Waals surface area contributed by atoms with Crippen LogP contribution in [0.4, 0.5) is 0 Å². The van der Waals surface area contributed by atoms with Crippen LogP contribution in [0, 0.1) is 0 Å². The third-order valence-corrected chi connectivity index (χ3v) is 0.346. The summed E-state index contributed by atoms with van der Waals surface area (Å²) in [6, 6.07) is 0. The van der Waals surface area contributed by atoms with Crippen LogP contribution >= 0.6 is 0 Å². The highest BCUT2D eigenvalue weighted by Crippen LogP contribution is 1.65. The van der Waals surface area contributed by atoms with Crippen molar-refractivity contribution in [2.24, 2.45) is 5.10 Å². The van der Waals surface area contributed by atoms with Gasteiger partial charge in [-0.25, -0.2) is 5.10 Å². The van der Waals surface area contributed by atoms with Crippen molar-refractivity contribution in [1.82, 2.24) is 5.01 Å². The monoisotopic (exact) mass is 84.1 g/mol. The largest absolute Gasteiger partial charge is 0.304 e. The zero-order valence-electron chi connectivity index (χ0n) is 4.47. The summed E-state index contributed by atoms with van der Waals surface area (Å²) < 4.78 is 0. The van der Waals surface area contributed by atoms with Gasteiger partial charge in [0.05, 0.1) is 0 Å². The molecule has 0 atom stereocenters. The molecule has 0 saturated heterocycles. The molecule has 0 amide bonds. The fourth-order valence-electron chi connectivity index (χ4n) is 0.231. The Morgan fingerprint density at radius 3 is 2.17 bits per heavy atom. The lowest BCUT2D eigenvalue weighted by Crippen LogP contribution is -2.00. The van der Waals surface area contributed by atoms with Crippen LogP contribution in [0.25, 0.3) is 0 Å². The molecule has 0 fully saturated rings. The topological polar surface area (TPSA) is 15.6 Å². The normalized spacial score (nSPS) is 9.67. The molecule has 0 rings (SSSR count). The molecule has 0 aliphatic heterocycles. The summed E-state index contributed by atoms with van der Waals surface area (Å²) in [6.45, 7) is 0. The van der Waals surface area contributed by atoms with E-state index in [-0.39, 0.29) is 0 Å². The average molecular weight is 83.9 g/mol. The van der Waals surface area contributed by atoms with E-state index in [1.165, 1.54) is 0 Å². The maximum Gasteiger partial charge on any atom is 0.156 e. The first-order chi connectivity index (χ1) is 2.77. The SMILES string of the molecule is B/C=N\N(C)C. The predicted octanol–water partition coefficient (Wildman–Crippen LogP) is -0.876. The highest BCUT2D eigenvalue weighted by Gasteiger charge is 1.66. The third kappa shape index (κ3) is 3.53. The molecular formula is C3H9BN2. The Hall–Kier alpha value is -0.465. The molecule has 0 aromatic rings. The molecule has 0 saturated carbocycles. The molecule has 0 aromatic carbocycles. The van der Waals surface area contributed by atoms with Crippen molar-refractivity contribution in [2.75, 3.05) is 14.1 Å². The van der Waals surface area contributed by atoms with Crippen molar-refractivity contribution in [1.29, 1.82) is 0 Å². The molecule has 0 aliphatic rings. The van der Waals surface area contributed by atoms with Crippen molar-refractivity contribution < 1.29 is 0 Å². The first-order valence-corrected chi connectivity index (χ1v) is 1.93. The Bertz CT molecular complexity index is 50.8. The average Bonchev–Trinajstić information content (AvgIpc) is 1.35. The summed E-state index contributed by atoms with van der Waals surface area (Å²) in [5, 5.41) is 5.58. The second-order valence-electron chi connectivity index (χ2n) is 1.22. The summed E-state index contributed by atoms with van der Waals surface area (Å²) in [5.41, 5.74) is 0. The Morgan fingerprint density at radius 1 is 1.67 bits per heavy atom. The van der Waals surface area contributed by atoms with Gasteiger partial charge >= 0.3 is 0 Å². The van der Waals surface area contributed by atoms with Crippen LogP contribution in [0.5, 0.6) is 0 Å². The molecule has 0 radical (unpaired) electrons. The third-order valence-electron chi connectivity index (χ3n) is 0.346. The van der Waals surface area contributed by atoms with Crippen LogP contribution in [-0.2, 0) is 0 Å². The lowest BCUT2D eigenvalue weighted by molar-refractivity contribution is 0.441. The fraction of sp³-hybridized carbons (Fsp3) is 0.667. The van der Waals surface area contributed by atoms with E-state index in [0.29, 0.717) is 0 Å². The number of hydrazone groups is 1. The molecule has 2 nitrogen and oxygen atoms in total. The number of hydrogen-bond acceptors (Lipinski definition) is 2. The van der Waals surface area contributed by atoms with Gasteiger partial charge in [0.15, 0.2) is 7.85 Å². The second-order valence-corrected chi connectivity index (χ2v) is 1.22. The molecule has 34 valence electrons. The van der Waals surface area contributed by atoms with Gasteiger partial charge in [-0.2, -0.15) is 0 Å². The van der Waals surface area contributed by atoms with Gasteiger partial charge in [0, 0.05) is 14.1 Å². The van der Waals surface area contributed by atoms with Crippen LogP contribution in [0.3, 0.4) is 0 Å². The van der Waals surface area contributed by atoms with Crippen LogP contribution in [-0.4, -0.2) is 33.1 Å². The van der Waals surface area contributed by atoms with Gasteiger partial charge in [0.25, 0.3) is 0 Å². The number of nitrogens with zero attached hydrogens (tertiary/aromatic N) is 2. The minimum absolute atomic E-state index is 1.75. The van der Waals surface area contributed by atoms with Crippen molar-refractivity contribution in [3.05, 3.63) is 0 Å². The van der Waals surface area contributed by atoms with E-state index < -0.39 is 0 Å². The Labute approximate surface area is 39.2 Å². The maximum absolute atomic E-state index is 3.83. The van der Waals surface area contributed by atoms with Crippen LogP contribution in [0.2, 0.25) is 0 Å². The van der Waals surface area contributed by atoms with E-state index in [0.717, 1.165) is 0 Å². The molecule has 0 N–H and O–H groups in total. The van der Waals surface area contributed by atoms with Crippen LogP contribution < -0.4 is 0 Å². The summed E-state index contributed by atoms with van der Waals surface area (Å²) in [4.78, 5) is 0. The first kappa shape index (κ1) is 5.53. The minimum atomic E-state index is 1.75. The van der Waals surface area contributed by atoms with E-state index in [1.807, 2.05) is 21.9 Å². The molecule has 0 heterocycles. The van der Waals surface area contributed by atoms with Crippen molar-refractivity contribution >= 4 is 14.0 Å². The zero-order chi connectivity index (χ0) is 4.99. The summed E-state index contributed by atoms with van der Waals surface area (Å²) >= 11 is 0. The summed E-state index contributed by atoms with van der Waals surface area (Å²) in [6.07, 6.45) is 1.75. The van der Waals surface area contributed by atoms with Crippen LogP contribution in [0.1, 0.15) is 0 Å². The van der Waals surface area contributed by atoms with Gasteiger partial charge in [-0.1, -0.05) is 0 Å². The first-order valence-electron chi connectivity index (χ1n) is 1.93. The van der Waals surface area contributed by atoms with E-state index in [4.69, 9.17) is 0 Å². The van der Waals surface area contributed by atoms with Gasteiger partial charge in [-0.05, 0) is 6.11 Å². The molecule has 0 unspecified atom stereocenters. The summed E-state index contributed by atoms with van der Waals surface area (Å²) in [7, 11) is 5.67. The van der Waals surface area contributed by atoms with E-state index in [9.17, 15) is 0 Å². The van der Waals surface area contributed by atoms with Gasteiger partial charge in [-0.3, -0.25) is 0 Å². The molecule has 0 bridgehead atoms. The van der Waals surface area contributed by atoms with Crippen molar-refractivity contribution in [3.63, 3.8) is 0 Å². The number of rotatable bonds is 1. The Kier molecular flexibility index (Phi) is 2.54. The van der Waals surface area contributed by atoms with E-state index in [2.05, 4.69) is 5.10 Å². The standard InChI is InChI=1S/C3H9BN2/c1-6(2)5-3-4/h3H,4H2,1-2H3/b5-3-. The lowest BCUT2D eigenvalue weighted by atomic mass is 10.2. The smallest absolute Gasteiger partial charge is 0.156 e. The molecule has 0 spiro atoms. The Morgan fingerprint density at radius 2 is 2.17 bits per heavy atom. The Balaban J connectivity index is 3.03. The zero-order valence-corrected chi connectivity index (χ0v) is 4.47. The maximum atomic E-state index is 3.83. The van der Waals surface area contributed by atoms with E-state index in [1.54, 1.807) is 11.1 Å². The molecule has 0 aromatic heterocycles. The predicted molar refractivity (Wildman–Crippen MR) is 30.7 cm³/mol.